The molecule has 1 aliphatic heterocycles. The standard InChI is InChI=1S/C33H34N6O3S/c1-24-6-3-4-7-27(24)22-37-16-18-38(19-17-37)33(40)35-28-13-10-25(11-14-28)26-12-15-31-32(20-26)39(23-34-31)30-9-5-8-29(21-30)36-43(2,41)42/h3-15,20-21,23,36H,16-19,22H2,1-2H3,(H,35,40). The first-order valence-corrected chi connectivity index (χ1v) is 16.1. The number of piperazine rings is 1. The quantitative estimate of drug-likeness (QED) is 0.251. The van der Waals surface area contributed by atoms with Crippen molar-refractivity contribution >= 4 is 38.5 Å². The van der Waals surface area contributed by atoms with Crippen LogP contribution in [0.4, 0.5) is 16.2 Å². The van der Waals surface area contributed by atoms with E-state index in [-0.39, 0.29) is 6.03 Å². The van der Waals surface area contributed by atoms with Gasteiger partial charge in [-0.2, -0.15) is 0 Å². The fourth-order valence-electron chi connectivity index (χ4n) is 5.41. The van der Waals surface area contributed by atoms with Crippen LogP contribution >= 0.6 is 0 Å². The van der Waals surface area contributed by atoms with Crippen LogP contribution in [0.5, 0.6) is 0 Å². The molecule has 1 aliphatic rings. The molecule has 5 aromatic rings. The predicted octanol–water partition coefficient (Wildman–Crippen LogP) is 5.72. The highest BCUT2D eigenvalue weighted by Crippen LogP contribution is 2.28. The Morgan fingerprint density at radius 3 is 2.33 bits per heavy atom. The van der Waals surface area contributed by atoms with Crippen LogP contribution in [0.3, 0.4) is 0 Å². The number of anilines is 2. The molecule has 10 heteroatoms. The first kappa shape index (κ1) is 28.4. The average molecular weight is 595 g/mol. The van der Waals surface area contributed by atoms with E-state index >= 15 is 0 Å². The van der Waals surface area contributed by atoms with Crippen molar-refractivity contribution in [1.29, 1.82) is 0 Å². The number of carbonyl (C=O) groups is 1. The summed E-state index contributed by atoms with van der Waals surface area (Å²) in [6.07, 6.45) is 2.86. The zero-order valence-electron chi connectivity index (χ0n) is 24.2. The van der Waals surface area contributed by atoms with Gasteiger partial charge in [0.2, 0.25) is 10.0 Å². The number of hydrogen-bond acceptors (Lipinski definition) is 5. The molecule has 1 saturated heterocycles. The summed E-state index contributed by atoms with van der Waals surface area (Å²) in [5, 5.41) is 3.05. The van der Waals surface area contributed by atoms with Crippen LogP contribution in [0.15, 0.2) is 97.3 Å². The number of nitrogens with one attached hydrogen (secondary N) is 2. The summed E-state index contributed by atoms with van der Waals surface area (Å²) >= 11 is 0. The summed E-state index contributed by atoms with van der Waals surface area (Å²) in [6.45, 7) is 6.12. The van der Waals surface area contributed by atoms with Gasteiger partial charge >= 0.3 is 6.03 Å². The molecule has 0 bridgehead atoms. The summed E-state index contributed by atoms with van der Waals surface area (Å²) in [4.78, 5) is 21.8. The lowest BCUT2D eigenvalue weighted by atomic mass is 10.0. The van der Waals surface area contributed by atoms with Gasteiger partial charge in [0.1, 0.15) is 6.33 Å². The van der Waals surface area contributed by atoms with Gasteiger partial charge in [-0.1, -0.05) is 48.5 Å². The number of urea groups is 1. The number of nitrogens with zero attached hydrogens (tertiary/aromatic N) is 4. The van der Waals surface area contributed by atoms with Crippen LogP contribution in [0, 0.1) is 6.92 Å². The van der Waals surface area contributed by atoms with Gasteiger partial charge in [-0.25, -0.2) is 18.2 Å². The lowest BCUT2D eigenvalue weighted by Gasteiger charge is -2.35. The fourth-order valence-corrected chi connectivity index (χ4v) is 5.97. The Labute approximate surface area is 251 Å². The zero-order chi connectivity index (χ0) is 30.0. The van der Waals surface area contributed by atoms with Crippen LogP contribution in [0.2, 0.25) is 0 Å². The number of benzene rings is 4. The van der Waals surface area contributed by atoms with Crippen LogP contribution in [-0.4, -0.2) is 66.2 Å². The van der Waals surface area contributed by atoms with Crippen molar-refractivity contribution in [2.24, 2.45) is 0 Å². The number of aryl methyl sites for hydroxylation is 1. The molecule has 6 rings (SSSR count). The Hall–Kier alpha value is -4.67. The Kier molecular flexibility index (Phi) is 7.88. The maximum atomic E-state index is 13.0. The van der Waals surface area contributed by atoms with Crippen LogP contribution < -0.4 is 10.0 Å². The molecule has 1 fully saturated rings. The van der Waals surface area contributed by atoms with E-state index in [9.17, 15) is 13.2 Å². The van der Waals surface area contributed by atoms with Gasteiger partial charge in [-0.05, 0) is 71.6 Å². The number of rotatable bonds is 7. The first-order valence-electron chi connectivity index (χ1n) is 14.2. The maximum Gasteiger partial charge on any atom is 0.321 e. The lowest BCUT2D eigenvalue weighted by molar-refractivity contribution is 0.143. The van der Waals surface area contributed by atoms with E-state index in [1.165, 1.54) is 11.1 Å². The number of fused-ring (bicyclic) bond motifs is 1. The van der Waals surface area contributed by atoms with E-state index in [1.807, 2.05) is 51.9 Å². The topological polar surface area (TPSA) is 99.6 Å². The third kappa shape index (κ3) is 6.71. The molecule has 1 aromatic heterocycles. The van der Waals surface area contributed by atoms with E-state index in [0.717, 1.165) is 59.4 Å². The van der Waals surface area contributed by atoms with E-state index in [2.05, 4.69) is 57.2 Å². The van der Waals surface area contributed by atoms with Crippen molar-refractivity contribution < 1.29 is 13.2 Å². The van der Waals surface area contributed by atoms with Crippen molar-refractivity contribution in [1.82, 2.24) is 19.4 Å². The van der Waals surface area contributed by atoms with Gasteiger partial charge in [0.15, 0.2) is 0 Å². The monoisotopic (exact) mass is 594 g/mol. The summed E-state index contributed by atoms with van der Waals surface area (Å²) in [5.41, 5.74) is 8.39. The SMILES string of the molecule is Cc1ccccc1CN1CCN(C(=O)Nc2ccc(-c3ccc4ncn(-c5cccc(NS(C)(=O)=O)c5)c4c3)cc2)CC1. The van der Waals surface area contributed by atoms with Gasteiger partial charge in [0, 0.05) is 44.1 Å². The van der Waals surface area contributed by atoms with Gasteiger partial charge in [0.25, 0.3) is 0 Å². The highest BCUT2D eigenvalue weighted by Gasteiger charge is 2.21. The second kappa shape index (κ2) is 11.9. The number of carbonyl (C=O) groups excluding carboxylic acids is 1. The Bertz CT molecular complexity index is 1880. The van der Waals surface area contributed by atoms with Gasteiger partial charge < -0.3 is 10.2 Å². The molecule has 9 nitrogen and oxygen atoms in total. The molecule has 4 aromatic carbocycles. The van der Waals surface area contributed by atoms with E-state index in [0.29, 0.717) is 18.8 Å². The van der Waals surface area contributed by atoms with Gasteiger partial charge in [-0.3, -0.25) is 14.2 Å². The Morgan fingerprint density at radius 1 is 0.837 bits per heavy atom. The van der Waals surface area contributed by atoms with E-state index in [4.69, 9.17) is 0 Å². The molecule has 0 unspecified atom stereocenters. The summed E-state index contributed by atoms with van der Waals surface area (Å²) in [7, 11) is -3.39. The minimum absolute atomic E-state index is 0.0822. The average Bonchev–Trinajstić information content (AvgIpc) is 3.42. The van der Waals surface area contributed by atoms with Gasteiger partial charge in [-0.15, -0.1) is 0 Å². The molecule has 0 spiro atoms. The second-order valence-electron chi connectivity index (χ2n) is 10.9. The summed E-state index contributed by atoms with van der Waals surface area (Å²) in [5.74, 6) is 0. The third-order valence-electron chi connectivity index (χ3n) is 7.76. The minimum Gasteiger partial charge on any atom is -0.322 e. The molecule has 43 heavy (non-hydrogen) atoms. The molecule has 220 valence electrons. The molecule has 0 saturated carbocycles. The molecule has 2 N–H and O–H groups in total. The fraction of sp³-hybridized carbons (Fsp3) is 0.212. The van der Waals surface area contributed by atoms with Crippen molar-refractivity contribution in [3.63, 3.8) is 0 Å². The largest absolute Gasteiger partial charge is 0.322 e. The van der Waals surface area contributed by atoms with E-state index in [1.54, 1.807) is 24.5 Å². The Morgan fingerprint density at radius 2 is 1.58 bits per heavy atom. The highest BCUT2D eigenvalue weighted by molar-refractivity contribution is 7.92. The molecule has 0 atom stereocenters. The highest BCUT2D eigenvalue weighted by atomic mass is 32.2. The number of aromatic nitrogens is 2. The maximum absolute atomic E-state index is 13.0. The number of amides is 2. The summed E-state index contributed by atoms with van der Waals surface area (Å²) < 4.78 is 27.8. The first-order chi connectivity index (χ1) is 20.7. The molecular weight excluding hydrogens is 560 g/mol. The van der Waals surface area contributed by atoms with Crippen molar-refractivity contribution in [3.05, 3.63) is 108 Å². The molecule has 2 amide bonds. The predicted molar refractivity (Wildman–Crippen MR) is 172 cm³/mol. The summed E-state index contributed by atoms with van der Waals surface area (Å²) in [6, 6.07) is 29.4. The lowest BCUT2D eigenvalue weighted by Crippen LogP contribution is -2.49. The molecular formula is C33H34N6O3S. The van der Waals surface area contributed by atoms with Crippen LogP contribution in [-0.2, 0) is 16.6 Å². The van der Waals surface area contributed by atoms with Gasteiger partial charge in [0.05, 0.1) is 23.0 Å². The number of imidazole rings is 1. The van der Waals surface area contributed by atoms with Crippen LogP contribution in [0.25, 0.3) is 27.8 Å². The Balaban J connectivity index is 1.11. The zero-order valence-corrected chi connectivity index (χ0v) is 25.0. The third-order valence-corrected chi connectivity index (χ3v) is 8.37. The van der Waals surface area contributed by atoms with Crippen molar-refractivity contribution in [2.45, 2.75) is 13.5 Å². The van der Waals surface area contributed by atoms with Crippen molar-refractivity contribution in [3.8, 4) is 16.8 Å². The number of sulfonamides is 1. The molecule has 2 heterocycles. The molecule has 0 aliphatic carbocycles. The minimum atomic E-state index is -3.39. The molecule has 0 radical (unpaired) electrons. The smallest absolute Gasteiger partial charge is 0.321 e. The van der Waals surface area contributed by atoms with E-state index < -0.39 is 10.0 Å². The van der Waals surface area contributed by atoms with Crippen LogP contribution in [0.1, 0.15) is 11.1 Å². The normalized spacial score (nSPS) is 14.1. The number of hydrogen-bond donors (Lipinski definition) is 2. The van der Waals surface area contributed by atoms with Crippen molar-refractivity contribution in [2.75, 3.05) is 42.5 Å². The second-order valence-corrected chi connectivity index (χ2v) is 12.7.